The summed E-state index contributed by atoms with van der Waals surface area (Å²) in [5, 5.41) is 93.1. The molecule has 6 rings (SSSR count). The summed E-state index contributed by atoms with van der Waals surface area (Å²) in [6.07, 6.45) is -4.62. The second kappa shape index (κ2) is 15.9. The van der Waals surface area contributed by atoms with Gasteiger partial charge in [0.25, 0.3) is 0 Å². The number of aliphatic hydroxyl groups is 9. The highest BCUT2D eigenvalue weighted by molar-refractivity contribution is 5.88. The van der Waals surface area contributed by atoms with Crippen LogP contribution in [0.4, 0.5) is 0 Å². The molecule has 9 N–H and O–H groups in total. The molecule has 0 amide bonds. The molecule has 0 aromatic carbocycles. The molecular weight excluding hydrogens is 728 g/mol. The van der Waals surface area contributed by atoms with Gasteiger partial charge in [0.2, 0.25) is 0 Å². The Bertz CT molecular complexity index is 1490. The molecule has 2 heterocycles. The Labute approximate surface area is 330 Å². The first-order chi connectivity index (χ1) is 26.1. The molecule has 6 aliphatic rings. The second-order valence-corrected chi connectivity index (χ2v) is 19.4. The highest BCUT2D eigenvalue weighted by atomic mass is 16.7. The first-order valence-electron chi connectivity index (χ1n) is 20.6. The maximum atomic E-state index is 14.8. The average Bonchev–Trinajstić information content (AvgIpc) is 3.42. The van der Waals surface area contributed by atoms with Crippen LogP contribution in [0.1, 0.15) is 99.8 Å². The SMILES string of the molecule is C/C(=C\CCC(C)(O)[C@H]1CC[C@@]2(C)[C@@H]3CC=C4[C@@H](CC[C@H](O[C@@H]5O[C@H](CO)[C@@H](O)[C@H](O)[C@H]5O)C4(C)C)[C@]3(C)C(=O)C[C@]12C)CO[C@@H]1O[C@H](CO)[C@@H](O)[C@H](O)[C@H]1O. The zero-order chi connectivity index (χ0) is 41.3. The lowest BCUT2D eigenvalue weighted by molar-refractivity contribution is -0.319. The average molecular weight is 797 g/mol. The van der Waals surface area contributed by atoms with Crippen LogP contribution >= 0.6 is 0 Å². The Balaban J connectivity index is 1.13. The molecule has 2 saturated heterocycles. The Hall–Kier alpha value is -1.37. The summed E-state index contributed by atoms with van der Waals surface area (Å²) in [5.74, 6) is 0.164. The van der Waals surface area contributed by atoms with Crippen molar-refractivity contribution in [2.75, 3.05) is 19.8 Å². The van der Waals surface area contributed by atoms with Gasteiger partial charge in [-0.2, -0.15) is 0 Å². The van der Waals surface area contributed by atoms with Crippen LogP contribution in [0.2, 0.25) is 0 Å². The van der Waals surface area contributed by atoms with Crippen LogP contribution in [0.25, 0.3) is 0 Å². The van der Waals surface area contributed by atoms with E-state index in [1.165, 1.54) is 0 Å². The Morgan fingerprint density at radius 2 is 1.45 bits per heavy atom. The summed E-state index contributed by atoms with van der Waals surface area (Å²) in [4.78, 5) is 14.8. The van der Waals surface area contributed by atoms with Crippen molar-refractivity contribution in [3.05, 3.63) is 23.3 Å². The fraction of sp³-hybridized carbons (Fsp3) is 0.881. The van der Waals surface area contributed by atoms with Crippen LogP contribution in [-0.4, -0.2) is 145 Å². The van der Waals surface area contributed by atoms with Gasteiger partial charge in [-0.05, 0) is 87.4 Å². The van der Waals surface area contributed by atoms with E-state index in [4.69, 9.17) is 18.9 Å². The van der Waals surface area contributed by atoms with Crippen LogP contribution in [0.3, 0.4) is 0 Å². The minimum Gasteiger partial charge on any atom is -0.394 e. The molecule has 3 saturated carbocycles. The smallest absolute Gasteiger partial charge is 0.187 e. The molecule has 5 fully saturated rings. The van der Waals surface area contributed by atoms with E-state index in [-0.39, 0.29) is 35.6 Å². The highest BCUT2D eigenvalue weighted by Crippen LogP contribution is 2.74. The van der Waals surface area contributed by atoms with E-state index in [0.717, 1.165) is 24.0 Å². The number of rotatable bonds is 11. The van der Waals surface area contributed by atoms with E-state index in [2.05, 4.69) is 40.7 Å². The van der Waals surface area contributed by atoms with Crippen molar-refractivity contribution in [3.8, 4) is 0 Å². The number of aliphatic hydroxyl groups excluding tert-OH is 8. The summed E-state index contributed by atoms with van der Waals surface area (Å²) in [6, 6.07) is 0. The molecule has 0 radical (unpaired) electrons. The first kappa shape index (κ1) is 44.2. The normalized spacial score (nSPS) is 49.0. The molecule has 14 nitrogen and oxygen atoms in total. The van der Waals surface area contributed by atoms with Crippen LogP contribution in [0.15, 0.2) is 23.3 Å². The topological polar surface area (TPSA) is 236 Å². The molecule has 320 valence electrons. The Morgan fingerprint density at radius 1 is 0.857 bits per heavy atom. The number of fused-ring (bicyclic) bond motifs is 5. The molecule has 0 aromatic heterocycles. The predicted molar refractivity (Wildman–Crippen MR) is 201 cm³/mol. The van der Waals surface area contributed by atoms with E-state index >= 15 is 0 Å². The number of hydrogen-bond donors (Lipinski definition) is 9. The van der Waals surface area contributed by atoms with Gasteiger partial charge in [0.05, 0.1) is 31.5 Å². The number of allylic oxidation sites excluding steroid dienone is 2. The van der Waals surface area contributed by atoms with Crippen molar-refractivity contribution in [1.29, 1.82) is 0 Å². The van der Waals surface area contributed by atoms with Crippen molar-refractivity contribution in [1.82, 2.24) is 0 Å². The van der Waals surface area contributed by atoms with E-state index in [1.807, 2.05) is 19.9 Å². The van der Waals surface area contributed by atoms with E-state index in [1.54, 1.807) is 0 Å². The van der Waals surface area contributed by atoms with Crippen LogP contribution in [-0.2, 0) is 23.7 Å². The number of ketones is 1. The maximum absolute atomic E-state index is 14.8. The van der Waals surface area contributed by atoms with Crippen LogP contribution in [0.5, 0.6) is 0 Å². The fourth-order valence-corrected chi connectivity index (χ4v) is 12.2. The monoisotopic (exact) mass is 796 g/mol. The van der Waals surface area contributed by atoms with Gasteiger partial charge in [-0.3, -0.25) is 4.79 Å². The molecule has 56 heavy (non-hydrogen) atoms. The molecule has 4 aliphatic carbocycles. The second-order valence-electron chi connectivity index (χ2n) is 19.4. The zero-order valence-corrected chi connectivity index (χ0v) is 34.1. The summed E-state index contributed by atoms with van der Waals surface area (Å²) in [5.41, 5.74) is -0.900. The lowest BCUT2D eigenvalue weighted by Crippen LogP contribution is -2.64. The van der Waals surface area contributed by atoms with Gasteiger partial charge < -0.3 is 64.9 Å². The van der Waals surface area contributed by atoms with Crippen molar-refractivity contribution in [3.63, 3.8) is 0 Å². The number of hydrogen-bond acceptors (Lipinski definition) is 14. The van der Waals surface area contributed by atoms with Crippen molar-refractivity contribution < 1.29 is 69.7 Å². The summed E-state index contributed by atoms with van der Waals surface area (Å²) in [7, 11) is 0. The lowest BCUT2D eigenvalue weighted by atomic mass is 9.38. The standard InChI is InChI=1S/C42H68O14/c1-21(20-53-36-34(50)32(48)30(46)24(18-43)54-36)9-8-15-41(6,52)26-14-16-39(4)27-12-10-22-23(42(27,7)28(45)17-40(26,39)5)11-13-29(38(22,2)3)56-37-35(51)33(49)31(47)25(19-44)55-37/h9-10,23-27,29-37,43-44,46-52H,8,11-20H2,1-7H3/b21-9+/t23-,24-,25-,26+,27+,29+,30-,31-,32+,33+,34-,35-,36-,37+,39+,40-,41?,42+/m1/s1. The molecule has 18 atom stereocenters. The number of carbonyl (C=O) groups is 1. The van der Waals surface area contributed by atoms with E-state index in [9.17, 15) is 50.8 Å². The molecule has 1 unspecified atom stereocenters. The zero-order valence-electron chi connectivity index (χ0n) is 34.1. The molecule has 0 spiro atoms. The van der Waals surface area contributed by atoms with E-state index in [0.29, 0.717) is 38.5 Å². The van der Waals surface area contributed by atoms with Gasteiger partial charge in [-0.1, -0.05) is 57.9 Å². The third-order valence-corrected chi connectivity index (χ3v) is 16.0. The summed E-state index contributed by atoms with van der Waals surface area (Å²) >= 11 is 0. The van der Waals surface area contributed by atoms with Gasteiger partial charge in [0, 0.05) is 17.3 Å². The van der Waals surface area contributed by atoms with Crippen molar-refractivity contribution in [2.24, 2.45) is 39.4 Å². The quantitative estimate of drug-likeness (QED) is 0.134. The van der Waals surface area contributed by atoms with Gasteiger partial charge >= 0.3 is 0 Å². The highest BCUT2D eigenvalue weighted by Gasteiger charge is 2.71. The van der Waals surface area contributed by atoms with Crippen molar-refractivity contribution in [2.45, 2.75) is 173 Å². The Kier molecular flexibility index (Phi) is 12.6. The van der Waals surface area contributed by atoms with Gasteiger partial charge in [-0.25, -0.2) is 0 Å². The summed E-state index contributed by atoms with van der Waals surface area (Å²) < 4.78 is 23.2. The number of ether oxygens (including phenoxy) is 4. The first-order valence-corrected chi connectivity index (χ1v) is 20.6. The number of Topliss-reactive ketones (excluding diaryl/α,β-unsaturated/α-hetero) is 1. The maximum Gasteiger partial charge on any atom is 0.187 e. The van der Waals surface area contributed by atoms with Gasteiger partial charge in [-0.15, -0.1) is 0 Å². The van der Waals surface area contributed by atoms with Crippen LogP contribution < -0.4 is 0 Å². The van der Waals surface area contributed by atoms with Crippen molar-refractivity contribution >= 4 is 5.78 Å². The minimum absolute atomic E-state index is 0.0161. The lowest BCUT2D eigenvalue weighted by Gasteiger charge is -2.65. The fourth-order valence-electron chi connectivity index (χ4n) is 12.2. The van der Waals surface area contributed by atoms with E-state index < -0.39 is 103 Å². The van der Waals surface area contributed by atoms with Gasteiger partial charge in [0.1, 0.15) is 54.6 Å². The minimum atomic E-state index is -1.53. The third kappa shape index (κ3) is 7.09. The van der Waals surface area contributed by atoms with Gasteiger partial charge in [0.15, 0.2) is 12.6 Å². The Morgan fingerprint density at radius 3 is 2.05 bits per heavy atom. The third-order valence-electron chi connectivity index (χ3n) is 16.0. The van der Waals surface area contributed by atoms with Crippen LogP contribution in [0, 0.1) is 39.4 Å². The summed E-state index contributed by atoms with van der Waals surface area (Å²) in [6.45, 7) is 13.6. The molecule has 0 bridgehead atoms. The molecular formula is C42H68O14. The molecule has 14 heteroatoms. The largest absolute Gasteiger partial charge is 0.394 e. The molecule has 0 aromatic rings. The number of carbonyl (C=O) groups excluding carboxylic acids is 1. The molecule has 2 aliphatic heterocycles. The predicted octanol–water partition coefficient (Wildman–Crippen LogP) is 1.25.